The molecule has 0 aliphatic carbocycles. The second-order valence-corrected chi connectivity index (χ2v) is 16.4. The van der Waals surface area contributed by atoms with Gasteiger partial charge in [-0.15, -0.1) is 0 Å². The van der Waals surface area contributed by atoms with Crippen LogP contribution in [0.2, 0.25) is 0 Å². The first-order chi connectivity index (χ1) is 29.5. The zero-order chi connectivity index (χ0) is 43.7. The van der Waals surface area contributed by atoms with Crippen LogP contribution in [-0.2, 0) is 28.6 Å². The van der Waals surface area contributed by atoms with E-state index in [-0.39, 0.29) is 31.1 Å². The summed E-state index contributed by atoms with van der Waals surface area (Å²) in [5.74, 6) is -0.934. The fourth-order valence-corrected chi connectivity index (χ4v) is 6.72. The van der Waals surface area contributed by atoms with E-state index in [2.05, 4.69) is 75.5 Å². The van der Waals surface area contributed by atoms with E-state index in [1.165, 1.54) is 89.9 Å². The Hall–Kier alpha value is -3.15. The molecule has 0 saturated heterocycles. The minimum Gasteiger partial charge on any atom is -0.462 e. The lowest BCUT2D eigenvalue weighted by atomic mass is 10.1. The van der Waals surface area contributed by atoms with Gasteiger partial charge in [-0.05, 0) is 83.5 Å². The first-order valence-corrected chi connectivity index (χ1v) is 25.0. The Morgan fingerprint density at radius 2 is 0.683 bits per heavy atom. The molecule has 0 aliphatic heterocycles. The summed E-state index contributed by atoms with van der Waals surface area (Å²) in [5.41, 5.74) is 0. The van der Waals surface area contributed by atoms with Gasteiger partial charge < -0.3 is 14.2 Å². The zero-order valence-electron chi connectivity index (χ0n) is 39.2. The van der Waals surface area contributed by atoms with E-state index in [0.29, 0.717) is 19.3 Å². The maximum absolute atomic E-state index is 12.8. The molecule has 0 aromatic carbocycles. The molecule has 1 atom stereocenters. The van der Waals surface area contributed by atoms with Gasteiger partial charge in [-0.1, -0.05) is 203 Å². The van der Waals surface area contributed by atoms with Gasteiger partial charge in [0.25, 0.3) is 0 Å². The fourth-order valence-electron chi connectivity index (χ4n) is 6.72. The summed E-state index contributed by atoms with van der Waals surface area (Å²) in [6, 6.07) is 0. The van der Waals surface area contributed by atoms with E-state index in [1.807, 2.05) is 18.2 Å². The highest BCUT2D eigenvalue weighted by Gasteiger charge is 2.19. The van der Waals surface area contributed by atoms with Crippen molar-refractivity contribution in [3.8, 4) is 0 Å². The van der Waals surface area contributed by atoms with Crippen molar-refractivity contribution >= 4 is 17.9 Å². The molecule has 0 heterocycles. The van der Waals surface area contributed by atoms with Crippen LogP contribution in [0.3, 0.4) is 0 Å². The predicted octanol–water partition coefficient (Wildman–Crippen LogP) is 16.3. The number of esters is 3. The van der Waals surface area contributed by atoms with Crippen molar-refractivity contribution in [3.63, 3.8) is 0 Å². The van der Waals surface area contributed by atoms with E-state index < -0.39 is 6.10 Å². The largest absolute Gasteiger partial charge is 0.462 e. The van der Waals surface area contributed by atoms with Crippen molar-refractivity contribution in [1.29, 1.82) is 0 Å². The summed E-state index contributed by atoms with van der Waals surface area (Å²) >= 11 is 0. The van der Waals surface area contributed by atoms with Crippen LogP contribution in [0.15, 0.2) is 72.9 Å². The van der Waals surface area contributed by atoms with Gasteiger partial charge in [-0.2, -0.15) is 0 Å². The number of rotatable bonds is 44. The van der Waals surface area contributed by atoms with Gasteiger partial charge in [0.2, 0.25) is 0 Å². The summed E-state index contributed by atoms with van der Waals surface area (Å²) < 4.78 is 16.7. The molecule has 0 radical (unpaired) electrons. The van der Waals surface area contributed by atoms with Gasteiger partial charge in [0.15, 0.2) is 6.10 Å². The zero-order valence-corrected chi connectivity index (χ0v) is 39.2. The van der Waals surface area contributed by atoms with Gasteiger partial charge in [0, 0.05) is 19.3 Å². The first kappa shape index (κ1) is 56.9. The van der Waals surface area contributed by atoms with Gasteiger partial charge >= 0.3 is 17.9 Å². The Morgan fingerprint density at radius 3 is 1.12 bits per heavy atom. The van der Waals surface area contributed by atoms with Crippen LogP contribution in [0.5, 0.6) is 0 Å². The average molecular weight is 837 g/mol. The molecule has 0 spiro atoms. The van der Waals surface area contributed by atoms with Crippen molar-refractivity contribution in [2.75, 3.05) is 13.2 Å². The van der Waals surface area contributed by atoms with Gasteiger partial charge in [-0.25, -0.2) is 0 Å². The normalized spacial score (nSPS) is 12.7. The summed E-state index contributed by atoms with van der Waals surface area (Å²) in [4.78, 5) is 37.9. The topological polar surface area (TPSA) is 78.9 Å². The van der Waals surface area contributed by atoms with Gasteiger partial charge in [0.05, 0.1) is 0 Å². The van der Waals surface area contributed by atoms with Gasteiger partial charge in [-0.3, -0.25) is 14.4 Å². The summed E-state index contributed by atoms with van der Waals surface area (Å²) in [5, 5.41) is 0. The van der Waals surface area contributed by atoms with Crippen LogP contribution in [0.4, 0.5) is 0 Å². The Bertz CT molecular complexity index is 1140. The average Bonchev–Trinajstić information content (AvgIpc) is 3.24. The lowest BCUT2D eigenvalue weighted by Gasteiger charge is -2.18. The molecule has 0 aromatic heterocycles. The highest BCUT2D eigenvalue weighted by Crippen LogP contribution is 2.14. The summed E-state index contributed by atoms with van der Waals surface area (Å²) in [6.07, 6.45) is 60.3. The number of hydrogen-bond donors (Lipinski definition) is 0. The molecule has 0 aromatic rings. The third kappa shape index (κ3) is 45.9. The first-order valence-electron chi connectivity index (χ1n) is 25.0. The summed E-state index contributed by atoms with van der Waals surface area (Å²) in [7, 11) is 0. The number of carbonyl (C=O) groups excluding carboxylic acids is 3. The third-order valence-corrected chi connectivity index (χ3v) is 10.5. The lowest BCUT2D eigenvalue weighted by Crippen LogP contribution is -2.30. The highest BCUT2D eigenvalue weighted by molar-refractivity contribution is 5.71. The maximum atomic E-state index is 12.8. The number of ether oxygens (including phenoxy) is 3. The van der Waals surface area contributed by atoms with Crippen molar-refractivity contribution in [2.24, 2.45) is 0 Å². The molecule has 344 valence electrons. The van der Waals surface area contributed by atoms with Gasteiger partial charge in [0.1, 0.15) is 13.2 Å². The second kappa shape index (κ2) is 48.5. The number of unbranched alkanes of at least 4 members (excludes halogenated alkanes) is 24. The molecule has 0 bridgehead atoms. The smallest absolute Gasteiger partial charge is 0.306 e. The van der Waals surface area contributed by atoms with E-state index in [0.717, 1.165) is 103 Å². The molecule has 0 amide bonds. The van der Waals surface area contributed by atoms with Crippen LogP contribution in [0.1, 0.15) is 233 Å². The minimum absolute atomic E-state index is 0.0913. The van der Waals surface area contributed by atoms with Crippen LogP contribution >= 0.6 is 0 Å². The fraction of sp³-hybridized carbons (Fsp3) is 0.722. The SMILES string of the molecule is CC\C=C/C=C\C=C/C=C\CCCCCCCC(=O)OC(COC(=O)CCCCCC/C=C\CCCC)COC(=O)CCCCCCCCC/C=C\CCCCCCCC. The molecule has 0 rings (SSSR count). The molecule has 1 unspecified atom stereocenters. The number of carbonyl (C=O) groups is 3. The van der Waals surface area contributed by atoms with Crippen LogP contribution in [0, 0.1) is 0 Å². The Kier molecular flexibility index (Phi) is 46.0. The Morgan fingerprint density at radius 1 is 0.350 bits per heavy atom. The monoisotopic (exact) mass is 837 g/mol. The van der Waals surface area contributed by atoms with Crippen LogP contribution in [-0.4, -0.2) is 37.2 Å². The molecule has 0 N–H and O–H groups in total. The van der Waals surface area contributed by atoms with E-state index in [9.17, 15) is 14.4 Å². The quantitative estimate of drug-likeness (QED) is 0.0200. The van der Waals surface area contributed by atoms with Crippen molar-refractivity contribution in [2.45, 2.75) is 239 Å². The number of allylic oxidation sites excluding steroid dienone is 12. The van der Waals surface area contributed by atoms with Crippen molar-refractivity contribution in [1.82, 2.24) is 0 Å². The number of hydrogen-bond acceptors (Lipinski definition) is 6. The summed E-state index contributed by atoms with van der Waals surface area (Å²) in [6.45, 7) is 6.41. The van der Waals surface area contributed by atoms with E-state index >= 15 is 0 Å². The third-order valence-electron chi connectivity index (χ3n) is 10.5. The minimum atomic E-state index is -0.792. The molecular weight excluding hydrogens is 745 g/mol. The molecule has 0 saturated carbocycles. The van der Waals surface area contributed by atoms with Crippen LogP contribution < -0.4 is 0 Å². The Balaban J connectivity index is 4.40. The molecular formula is C54H92O6. The van der Waals surface area contributed by atoms with Crippen molar-refractivity contribution in [3.05, 3.63) is 72.9 Å². The molecule has 6 heteroatoms. The standard InChI is InChI=1S/C54H92O6/c1-4-7-10-13-16-19-22-24-26-27-29-30-32-35-38-41-44-47-53(56)59-50-51(49-58-52(55)46-43-40-37-34-21-18-15-12-9-6-3)60-54(57)48-45-42-39-36-33-31-28-25-23-20-17-14-11-8-5-2/h8,11,14-15,17-18,20,23-26,28,51H,4-7,9-10,12-13,16,19,21-22,27,29-50H2,1-3H3/b11-8-,17-14-,18-15-,23-20-,26-24-,28-25-. The Labute approximate surface area is 370 Å². The van der Waals surface area contributed by atoms with Crippen molar-refractivity contribution < 1.29 is 28.6 Å². The predicted molar refractivity (Wildman–Crippen MR) is 256 cm³/mol. The molecule has 0 aliphatic rings. The van der Waals surface area contributed by atoms with E-state index in [4.69, 9.17) is 14.2 Å². The van der Waals surface area contributed by atoms with E-state index in [1.54, 1.807) is 0 Å². The molecule has 6 nitrogen and oxygen atoms in total. The highest BCUT2D eigenvalue weighted by atomic mass is 16.6. The maximum Gasteiger partial charge on any atom is 0.306 e. The van der Waals surface area contributed by atoms with Crippen LogP contribution in [0.25, 0.3) is 0 Å². The lowest BCUT2D eigenvalue weighted by molar-refractivity contribution is -0.167. The molecule has 0 fully saturated rings. The molecule has 60 heavy (non-hydrogen) atoms. The second-order valence-electron chi connectivity index (χ2n) is 16.4.